The third kappa shape index (κ3) is 3.26. The van der Waals surface area contributed by atoms with E-state index in [9.17, 15) is 4.39 Å². The number of halogens is 1. The fourth-order valence-corrected chi connectivity index (χ4v) is 5.11. The summed E-state index contributed by atoms with van der Waals surface area (Å²) in [6.07, 6.45) is 2.74. The largest absolute Gasteiger partial charge is 0.355 e. The van der Waals surface area contributed by atoms with Crippen LogP contribution in [0.25, 0.3) is 11.2 Å². The second-order valence-electron chi connectivity index (χ2n) is 9.67. The highest BCUT2D eigenvalue weighted by molar-refractivity contribution is 5.77. The number of nitrogens with two attached hydrogens (primary N) is 1. The van der Waals surface area contributed by atoms with E-state index in [0.717, 1.165) is 30.9 Å². The molecule has 1 saturated heterocycles. The molecule has 1 aliphatic heterocycles. The molecule has 6 nitrogen and oxygen atoms in total. The van der Waals surface area contributed by atoms with E-state index in [4.69, 9.17) is 10.7 Å². The van der Waals surface area contributed by atoms with E-state index < -0.39 is 0 Å². The highest BCUT2D eigenvalue weighted by atomic mass is 19.1. The number of nitrogens with one attached hydrogen (secondary N) is 1. The molecule has 1 aromatic carbocycles. The Hall–Kier alpha value is -2.98. The molecule has 0 bridgehead atoms. The topological polar surface area (TPSA) is 83.7 Å². The van der Waals surface area contributed by atoms with Crippen LogP contribution in [-0.4, -0.2) is 39.8 Å². The number of hydrogen-bond acceptors (Lipinski definition) is 5. The third-order valence-electron chi connectivity index (χ3n) is 6.68. The van der Waals surface area contributed by atoms with Crippen LogP contribution in [0, 0.1) is 34.9 Å². The summed E-state index contributed by atoms with van der Waals surface area (Å²) in [7, 11) is 0. The van der Waals surface area contributed by atoms with E-state index in [2.05, 4.69) is 52.7 Å². The van der Waals surface area contributed by atoms with E-state index in [1.807, 2.05) is 12.1 Å². The minimum atomic E-state index is -0.278. The lowest BCUT2D eigenvalue weighted by Crippen LogP contribution is -2.32. The van der Waals surface area contributed by atoms with Crippen LogP contribution in [0.3, 0.4) is 0 Å². The number of aromatic amines is 1. The van der Waals surface area contributed by atoms with E-state index >= 15 is 0 Å². The van der Waals surface area contributed by atoms with Crippen molar-refractivity contribution in [1.29, 1.82) is 0 Å². The first kappa shape index (κ1) is 20.0. The fraction of sp³-hybridized carbons (Fsp3) is 0.458. The van der Waals surface area contributed by atoms with Gasteiger partial charge in [-0.05, 0) is 56.6 Å². The molecule has 0 spiro atoms. The predicted octanol–water partition coefficient (Wildman–Crippen LogP) is 3.24. The van der Waals surface area contributed by atoms with Gasteiger partial charge in [-0.25, -0.2) is 14.4 Å². The van der Waals surface area contributed by atoms with Gasteiger partial charge in [0.15, 0.2) is 0 Å². The van der Waals surface area contributed by atoms with Crippen molar-refractivity contribution in [2.45, 2.75) is 32.6 Å². The lowest BCUT2D eigenvalue weighted by atomic mass is 9.91. The quantitative estimate of drug-likeness (QED) is 0.638. The van der Waals surface area contributed by atoms with Crippen LogP contribution in [0.2, 0.25) is 0 Å². The molecule has 7 heteroatoms. The van der Waals surface area contributed by atoms with Crippen molar-refractivity contribution in [3.05, 3.63) is 47.5 Å². The maximum absolute atomic E-state index is 14.6. The second kappa shape index (κ2) is 7.03. The molecule has 1 saturated carbocycles. The number of fused-ring (bicyclic) bond motifs is 2. The van der Waals surface area contributed by atoms with Crippen molar-refractivity contribution in [3.8, 4) is 11.8 Å². The Bertz CT molecular complexity index is 1200. The van der Waals surface area contributed by atoms with E-state index in [1.54, 1.807) is 12.3 Å². The van der Waals surface area contributed by atoms with Gasteiger partial charge in [-0.2, -0.15) is 5.10 Å². The number of aromatic nitrogens is 4. The van der Waals surface area contributed by atoms with Gasteiger partial charge in [0.1, 0.15) is 22.8 Å². The smallest absolute Gasteiger partial charge is 0.202 e. The Morgan fingerprint density at radius 3 is 2.84 bits per heavy atom. The molecule has 3 atom stereocenters. The summed E-state index contributed by atoms with van der Waals surface area (Å²) >= 11 is 0. The molecular weight excluding hydrogens is 391 g/mol. The molecule has 160 valence electrons. The Morgan fingerprint density at radius 2 is 2.10 bits per heavy atom. The zero-order valence-electron chi connectivity index (χ0n) is 18.1. The van der Waals surface area contributed by atoms with Crippen molar-refractivity contribution in [1.82, 2.24) is 20.2 Å². The molecule has 2 aliphatic rings. The Labute approximate surface area is 181 Å². The average Bonchev–Trinajstić information content (AvgIpc) is 3.22. The van der Waals surface area contributed by atoms with E-state index in [-0.39, 0.29) is 16.6 Å². The number of anilines is 1. The van der Waals surface area contributed by atoms with Gasteiger partial charge in [0, 0.05) is 30.5 Å². The molecule has 3 aromatic rings. The van der Waals surface area contributed by atoms with E-state index in [1.165, 1.54) is 6.07 Å². The maximum Gasteiger partial charge on any atom is 0.202 e. The number of nitrogens with zero attached hydrogens (tertiary/aromatic N) is 4. The molecule has 0 amide bonds. The molecule has 5 rings (SSSR count). The second-order valence-corrected chi connectivity index (χ2v) is 9.67. The fourth-order valence-electron chi connectivity index (χ4n) is 5.11. The third-order valence-corrected chi connectivity index (χ3v) is 6.68. The SMILES string of the molecule is CC(C)(C)C#Cc1[nH]nc2nc(N3CC[C@@H]4[C@H](C3)[C@@]4(CN)c3ccccc3F)cnc12. The number of benzene rings is 1. The summed E-state index contributed by atoms with van der Waals surface area (Å²) in [5.74, 6) is 7.68. The zero-order valence-corrected chi connectivity index (χ0v) is 18.1. The molecule has 3 N–H and O–H groups in total. The van der Waals surface area contributed by atoms with E-state index in [0.29, 0.717) is 35.2 Å². The van der Waals surface area contributed by atoms with Crippen molar-refractivity contribution in [3.63, 3.8) is 0 Å². The van der Waals surface area contributed by atoms with Crippen LogP contribution in [-0.2, 0) is 5.41 Å². The maximum atomic E-state index is 14.6. The van der Waals surface area contributed by atoms with Crippen molar-refractivity contribution < 1.29 is 4.39 Å². The zero-order chi connectivity index (χ0) is 21.8. The molecule has 2 aromatic heterocycles. The van der Waals surface area contributed by atoms with Crippen molar-refractivity contribution in [2.75, 3.05) is 24.5 Å². The lowest BCUT2D eigenvalue weighted by Gasteiger charge is -2.26. The summed E-state index contributed by atoms with van der Waals surface area (Å²) in [4.78, 5) is 11.6. The normalized spacial score (nSPS) is 25.1. The number of rotatable bonds is 3. The Balaban J connectivity index is 1.40. The summed E-state index contributed by atoms with van der Waals surface area (Å²) in [6, 6.07) is 7.05. The van der Waals surface area contributed by atoms with Gasteiger partial charge >= 0.3 is 0 Å². The minimum absolute atomic E-state index is 0.104. The van der Waals surface area contributed by atoms with Crippen LogP contribution in [0.15, 0.2) is 30.5 Å². The summed E-state index contributed by atoms with van der Waals surface area (Å²) in [6.45, 7) is 8.28. The van der Waals surface area contributed by atoms with Gasteiger partial charge in [0.05, 0.1) is 6.20 Å². The van der Waals surface area contributed by atoms with Crippen LogP contribution < -0.4 is 10.6 Å². The number of piperidine rings is 1. The Morgan fingerprint density at radius 1 is 1.29 bits per heavy atom. The standard InChI is InChI=1S/C24H27FN6/c1-23(2,3)10-8-19-21-22(30-29-19)28-20(12-27-21)31-11-9-15-17(13-31)24(15,14-26)16-6-4-5-7-18(16)25/h4-7,12,15,17H,9,11,13-14,26H2,1-3H3,(H,28,29,30)/t15-,17+,24-/m1/s1. The van der Waals surface area contributed by atoms with Crippen LogP contribution in [0.1, 0.15) is 38.4 Å². The monoisotopic (exact) mass is 418 g/mol. The van der Waals surface area contributed by atoms with Crippen molar-refractivity contribution in [2.24, 2.45) is 23.0 Å². The number of H-pyrrole nitrogens is 1. The van der Waals surface area contributed by atoms with Crippen LogP contribution in [0.4, 0.5) is 10.2 Å². The molecule has 3 heterocycles. The first-order chi connectivity index (χ1) is 14.8. The van der Waals surface area contributed by atoms with Crippen molar-refractivity contribution >= 4 is 17.0 Å². The summed E-state index contributed by atoms with van der Waals surface area (Å²) in [5, 5.41) is 7.27. The van der Waals surface area contributed by atoms with Gasteiger partial charge < -0.3 is 10.6 Å². The summed E-state index contributed by atoms with van der Waals surface area (Å²) < 4.78 is 14.6. The molecule has 1 aliphatic carbocycles. The van der Waals surface area contributed by atoms with Gasteiger partial charge in [-0.15, -0.1) is 0 Å². The molecule has 2 fully saturated rings. The summed E-state index contributed by atoms with van der Waals surface area (Å²) in [5.41, 5.74) is 8.52. The first-order valence-corrected chi connectivity index (χ1v) is 10.8. The average molecular weight is 419 g/mol. The van der Waals surface area contributed by atoms with Gasteiger partial charge in [-0.3, -0.25) is 5.10 Å². The highest BCUT2D eigenvalue weighted by Gasteiger charge is 2.66. The lowest BCUT2D eigenvalue weighted by molar-refractivity contribution is 0.533. The highest BCUT2D eigenvalue weighted by Crippen LogP contribution is 2.63. The molecule has 0 radical (unpaired) electrons. The number of hydrogen-bond donors (Lipinski definition) is 2. The van der Waals surface area contributed by atoms with Gasteiger partial charge in [0.2, 0.25) is 5.65 Å². The van der Waals surface area contributed by atoms with Gasteiger partial charge in [0.25, 0.3) is 0 Å². The van der Waals surface area contributed by atoms with Crippen LogP contribution >= 0.6 is 0 Å². The first-order valence-electron chi connectivity index (χ1n) is 10.8. The molecule has 0 unspecified atom stereocenters. The minimum Gasteiger partial charge on any atom is -0.355 e. The molecule has 31 heavy (non-hydrogen) atoms. The predicted molar refractivity (Wildman–Crippen MR) is 119 cm³/mol. The Kier molecular flexibility index (Phi) is 4.52. The van der Waals surface area contributed by atoms with Crippen LogP contribution in [0.5, 0.6) is 0 Å². The van der Waals surface area contributed by atoms with Gasteiger partial charge in [-0.1, -0.05) is 24.1 Å². The molecular formula is C24H27FN6.